The van der Waals surface area contributed by atoms with Gasteiger partial charge in [0.15, 0.2) is 0 Å². The lowest BCUT2D eigenvalue weighted by Crippen LogP contribution is -2.37. The number of nitrogens with one attached hydrogen (secondary N) is 2. The number of H-pyrrole nitrogens is 1. The zero-order valence-corrected chi connectivity index (χ0v) is 15.2. The molecule has 0 radical (unpaired) electrons. The molecule has 3 heterocycles. The van der Waals surface area contributed by atoms with E-state index in [9.17, 15) is 9.18 Å². The average molecular weight is 381 g/mol. The van der Waals surface area contributed by atoms with E-state index in [2.05, 4.69) is 15.3 Å². The summed E-state index contributed by atoms with van der Waals surface area (Å²) in [7, 11) is 0. The second kappa shape index (κ2) is 7.00. The number of ether oxygens (including phenoxy) is 2. The highest BCUT2D eigenvalue weighted by molar-refractivity contribution is 5.94. The number of hydrogen-bond donors (Lipinski definition) is 2. The average Bonchev–Trinajstić information content (AvgIpc) is 3.32. The molecule has 2 saturated heterocycles. The highest BCUT2D eigenvalue weighted by Gasteiger charge is 2.42. The SMILES string of the molecule is O=C(Nc1ccc(-c2nc3ccc(F)cc3[nH]2)cc1)C1OCC2COCCC21. The first-order chi connectivity index (χ1) is 13.7. The Bertz CT molecular complexity index is 1020. The number of nitrogens with zero attached hydrogens (tertiary/aromatic N) is 1. The van der Waals surface area contributed by atoms with Crippen molar-refractivity contribution in [2.24, 2.45) is 11.8 Å². The number of fused-ring (bicyclic) bond motifs is 2. The number of halogens is 1. The Hall–Kier alpha value is -2.77. The van der Waals surface area contributed by atoms with Crippen molar-refractivity contribution >= 4 is 22.6 Å². The van der Waals surface area contributed by atoms with E-state index in [1.807, 2.05) is 24.3 Å². The van der Waals surface area contributed by atoms with E-state index in [1.165, 1.54) is 12.1 Å². The van der Waals surface area contributed by atoms with Gasteiger partial charge in [0, 0.05) is 29.7 Å². The molecule has 6 nitrogen and oxygen atoms in total. The molecule has 0 bridgehead atoms. The van der Waals surface area contributed by atoms with Crippen molar-refractivity contribution in [1.82, 2.24) is 9.97 Å². The van der Waals surface area contributed by atoms with Gasteiger partial charge in [0.05, 0.1) is 24.2 Å². The Labute approximate surface area is 161 Å². The molecule has 2 aliphatic rings. The molecule has 28 heavy (non-hydrogen) atoms. The van der Waals surface area contributed by atoms with Gasteiger partial charge in [-0.2, -0.15) is 0 Å². The van der Waals surface area contributed by atoms with Crippen LogP contribution in [0, 0.1) is 17.7 Å². The van der Waals surface area contributed by atoms with Gasteiger partial charge in [-0.05, 0) is 48.9 Å². The molecule has 5 rings (SSSR count). The van der Waals surface area contributed by atoms with Crippen molar-refractivity contribution in [3.05, 3.63) is 48.3 Å². The zero-order chi connectivity index (χ0) is 19.1. The first-order valence-corrected chi connectivity index (χ1v) is 9.43. The van der Waals surface area contributed by atoms with Crippen LogP contribution in [0.25, 0.3) is 22.4 Å². The molecule has 1 aromatic heterocycles. The summed E-state index contributed by atoms with van der Waals surface area (Å²) < 4.78 is 24.6. The number of anilines is 1. The van der Waals surface area contributed by atoms with Crippen LogP contribution in [0.15, 0.2) is 42.5 Å². The monoisotopic (exact) mass is 381 g/mol. The third-order valence-corrected chi connectivity index (χ3v) is 5.54. The predicted octanol–water partition coefficient (Wildman–Crippen LogP) is 3.36. The first kappa shape index (κ1) is 17.3. The molecule has 2 aliphatic heterocycles. The van der Waals surface area contributed by atoms with E-state index in [4.69, 9.17) is 9.47 Å². The number of hydrogen-bond acceptors (Lipinski definition) is 4. The van der Waals surface area contributed by atoms with Crippen molar-refractivity contribution in [2.75, 3.05) is 25.1 Å². The van der Waals surface area contributed by atoms with Crippen molar-refractivity contribution in [1.29, 1.82) is 0 Å². The molecular weight excluding hydrogens is 361 g/mol. The van der Waals surface area contributed by atoms with Crippen LogP contribution in [0.3, 0.4) is 0 Å². The number of benzene rings is 2. The maximum atomic E-state index is 13.3. The smallest absolute Gasteiger partial charge is 0.253 e. The van der Waals surface area contributed by atoms with Crippen molar-refractivity contribution in [2.45, 2.75) is 12.5 Å². The number of imidazole rings is 1. The molecule has 3 aromatic rings. The summed E-state index contributed by atoms with van der Waals surface area (Å²) in [4.78, 5) is 20.2. The van der Waals surface area contributed by atoms with Crippen LogP contribution in [0.4, 0.5) is 10.1 Å². The largest absolute Gasteiger partial charge is 0.381 e. The van der Waals surface area contributed by atoms with E-state index in [0.717, 1.165) is 12.0 Å². The number of carbonyl (C=O) groups excluding carboxylic acids is 1. The molecule has 1 amide bonds. The van der Waals surface area contributed by atoms with Crippen molar-refractivity contribution in [3.63, 3.8) is 0 Å². The predicted molar refractivity (Wildman–Crippen MR) is 102 cm³/mol. The molecule has 0 spiro atoms. The molecule has 2 N–H and O–H groups in total. The molecule has 2 fully saturated rings. The minimum absolute atomic E-state index is 0.110. The van der Waals surface area contributed by atoms with Crippen LogP contribution in [0.2, 0.25) is 0 Å². The van der Waals surface area contributed by atoms with E-state index in [0.29, 0.717) is 48.3 Å². The van der Waals surface area contributed by atoms with Crippen LogP contribution in [0.1, 0.15) is 6.42 Å². The molecule has 0 saturated carbocycles. The molecule has 3 unspecified atom stereocenters. The fourth-order valence-electron chi connectivity index (χ4n) is 4.05. The Kier molecular flexibility index (Phi) is 4.33. The fourth-order valence-corrected chi connectivity index (χ4v) is 4.05. The topological polar surface area (TPSA) is 76.2 Å². The standard InChI is InChI=1S/C21H20FN3O3/c22-14-3-6-17-18(9-14)25-20(24-17)12-1-4-15(5-2-12)23-21(26)19-16-7-8-27-10-13(16)11-28-19/h1-6,9,13,16,19H,7-8,10-11H2,(H,23,26)(H,24,25). The van der Waals surface area contributed by atoms with Crippen LogP contribution in [-0.4, -0.2) is 41.8 Å². The lowest BCUT2D eigenvalue weighted by atomic mass is 9.86. The summed E-state index contributed by atoms with van der Waals surface area (Å²) in [6.45, 7) is 1.93. The quantitative estimate of drug-likeness (QED) is 0.729. The Morgan fingerprint density at radius 2 is 2.04 bits per heavy atom. The van der Waals surface area contributed by atoms with E-state index < -0.39 is 6.10 Å². The summed E-state index contributed by atoms with van der Waals surface area (Å²) in [5, 5.41) is 2.94. The Morgan fingerprint density at radius 3 is 2.89 bits per heavy atom. The van der Waals surface area contributed by atoms with Gasteiger partial charge in [0.1, 0.15) is 17.7 Å². The highest BCUT2D eigenvalue weighted by atomic mass is 19.1. The van der Waals surface area contributed by atoms with Crippen LogP contribution >= 0.6 is 0 Å². The van der Waals surface area contributed by atoms with Gasteiger partial charge < -0.3 is 19.8 Å². The number of carbonyl (C=O) groups is 1. The van der Waals surface area contributed by atoms with Gasteiger partial charge in [-0.1, -0.05) is 0 Å². The summed E-state index contributed by atoms with van der Waals surface area (Å²) in [5.41, 5.74) is 2.92. The van der Waals surface area contributed by atoms with Crippen LogP contribution in [-0.2, 0) is 14.3 Å². The Balaban J connectivity index is 1.30. The van der Waals surface area contributed by atoms with Crippen LogP contribution < -0.4 is 5.32 Å². The fraction of sp³-hybridized carbons (Fsp3) is 0.333. The number of rotatable bonds is 3. The summed E-state index contributed by atoms with van der Waals surface area (Å²) in [6, 6.07) is 11.9. The molecule has 144 valence electrons. The molecule has 7 heteroatoms. The van der Waals surface area contributed by atoms with Gasteiger partial charge in [0.25, 0.3) is 5.91 Å². The van der Waals surface area contributed by atoms with Gasteiger partial charge in [-0.3, -0.25) is 4.79 Å². The summed E-state index contributed by atoms with van der Waals surface area (Å²) in [5.74, 6) is 0.777. The highest BCUT2D eigenvalue weighted by Crippen LogP contribution is 2.34. The van der Waals surface area contributed by atoms with E-state index in [-0.39, 0.29) is 17.6 Å². The van der Waals surface area contributed by atoms with E-state index >= 15 is 0 Å². The number of aromatic nitrogens is 2. The zero-order valence-electron chi connectivity index (χ0n) is 15.2. The minimum Gasteiger partial charge on any atom is -0.381 e. The van der Waals surface area contributed by atoms with Gasteiger partial charge >= 0.3 is 0 Å². The number of amides is 1. The molecule has 2 aromatic carbocycles. The molecule has 0 aliphatic carbocycles. The second-order valence-electron chi connectivity index (χ2n) is 7.35. The Morgan fingerprint density at radius 1 is 1.18 bits per heavy atom. The minimum atomic E-state index is -0.418. The third kappa shape index (κ3) is 3.16. The van der Waals surface area contributed by atoms with Crippen molar-refractivity contribution in [3.8, 4) is 11.4 Å². The van der Waals surface area contributed by atoms with Crippen LogP contribution in [0.5, 0.6) is 0 Å². The first-order valence-electron chi connectivity index (χ1n) is 9.43. The second-order valence-corrected chi connectivity index (χ2v) is 7.35. The maximum Gasteiger partial charge on any atom is 0.253 e. The van der Waals surface area contributed by atoms with Gasteiger partial charge in [0.2, 0.25) is 0 Å². The maximum absolute atomic E-state index is 13.3. The normalized spacial score (nSPS) is 24.2. The third-order valence-electron chi connectivity index (χ3n) is 5.54. The number of aromatic amines is 1. The molecular formula is C21H20FN3O3. The lowest BCUT2D eigenvalue weighted by Gasteiger charge is -2.26. The lowest BCUT2D eigenvalue weighted by molar-refractivity contribution is -0.126. The van der Waals surface area contributed by atoms with Crippen molar-refractivity contribution < 1.29 is 18.7 Å². The summed E-state index contributed by atoms with van der Waals surface area (Å²) in [6.07, 6.45) is 0.438. The van der Waals surface area contributed by atoms with Gasteiger partial charge in [-0.15, -0.1) is 0 Å². The molecule has 3 atom stereocenters. The van der Waals surface area contributed by atoms with E-state index in [1.54, 1.807) is 6.07 Å². The van der Waals surface area contributed by atoms with Gasteiger partial charge in [-0.25, -0.2) is 9.37 Å². The summed E-state index contributed by atoms with van der Waals surface area (Å²) >= 11 is 0.